The summed E-state index contributed by atoms with van der Waals surface area (Å²) in [5.74, 6) is -0.362. The molecule has 7 heteroatoms. The molecule has 3 heterocycles. The topological polar surface area (TPSA) is 66.5 Å². The van der Waals surface area contributed by atoms with Gasteiger partial charge in [-0.05, 0) is 24.4 Å². The van der Waals surface area contributed by atoms with Crippen molar-refractivity contribution in [3.8, 4) is 0 Å². The van der Waals surface area contributed by atoms with Crippen LogP contribution >= 0.6 is 11.3 Å². The number of fused-ring (bicyclic) bond motifs is 1. The number of hydrogen-bond donors (Lipinski definition) is 1. The van der Waals surface area contributed by atoms with Crippen molar-refractivity contribution >= 4 is 27.3 Å². The molecule has 1 atom stereocenters. The summed E-state index contributed by atoms with van der Waals surface area (Å²) in [7, 11) is -3.58. The van der Waals surface area contributed by atoms with Crippen molar-refractivity contribution in [2.45, 2.75) is 17.4 Å². The Balaban J connectivity index is 2.10. The Bertz CT molecular complexity index is 543. The molecule has 5 nitrogen and oxygen atoms in total. The van der Waals surface area contributed by atoms with Gasteiger partial charge in [-0.15, -0.1) is 11.3 Å². The van der Waals surface area contributed by atoms with E-state index < -0.39 is 10.0 Å². The molecule has 2 aliphatic heterocycles. The molecule has 1 aromatic rings. The van der Waals surface area contributed by atoms with Gasteiger partial charge in [-0.3, -0.25) is 4.79 Å². The average molecular weight is 258 g/mol. The Morgan fingerprint density at radius 3 is 2.94 bits per heavy atom. The Morgan fingerprint density at radius 2 is 2.31 bits per heavy atom. The van der Waals surface area contributed by atoms with Crippen LogP contribution in [-0.2, 0) is 10.0 Å². The molecular formula is C9H10N2O3S2. The summed E-state index contributed by atoms with van der Waals surface area (Å²) < 4.78 is 25.3. The summed E-state index contributed by atoms with van der Waals surface area (Å²) in [5, 5.41) is 4.71. The highest BCUT2D eigenvalue weighted by atomic mass is 32.2. The largest absolute Gasteiger partial charge is 0.315 e. The SMILES string of the molecule is O=C1c2sccc2S(=O)(=O)N1C1CCNC1. The lowest BCUT2D eigenvalue weighted by Crippen LogP contribution is -2.41. The van der Waals surface area contributed by atoms with Crippen molar-refractivity contribution in [3.05, 3.63) is 16.3 Å². The molecule has 1 N–H and O–H groups in total. The Labute approximate surface area is 97.1 Å². The predicted octanol–water partition coefficient (Wildman–Crippen LogP) is 0.255. The second-order valence-electron chi connectivity index (χ2n) is 3.87. The summed E-state index contributed by atoms with van der Waals surface area (Å²) in [6, 6.07) is 1.28. The number of hydrogen-bond acceptors (Lipinski definition) is 5. The smallest absolute Gasteiger partial charge is 0.279 e. The molecule has 86 valence electrons. The molecule has 16 heavy (non-hydrogen) atoms. The lowest BCUT2D eigenvalue weighted by molar-refractivity contribution is 0.0844. The summed E-state index contributed by atoms with van der Waals surface area (Å²) in [6.07, 6.45) is 0.694. The third-order valence-electron chi connectivity index (χ3n) is 2.93. The Kier molecular flexibility index (Phi) is 2.10. The van der Waals surface area contributed by atoms with Crippen LogP contribution in [0.1, 0.15) is 16.1 Å². The van der Waals surface area contributed by atoms with Crippen molar-refractivity contribution < 1.29 is 13.2 Å². The zero-order valence-corrected chi connectivity index (χ0v) is 9.97. The van der Waals surface area contributed by atoms with E-state index in [1.165, 1.54) is 17.4 Å². The zero-order valence-electron chi connectivity index (χ0n) is 8.34. The monoisotopic (exact) mass is 258 g/mol. The van der Waals surface area contributed by atoms with E-state index in [4.69, 9.17) is 0 Å². The minimum absolute atomic E-state index is 0.175. The van der Waals surface area contributed by atoms with Crippen molar-refractivity contribution in [3.63, 3.8) is 0 Å². The molecule has 1 amide bonds. The summed E-state index contributed by atoms with van der Waals surface area (Å²) in [5.41, 5.74) is 0. The van der Waals surface area contributed by atoms with Gasteiger partial charge in [0.1, 0.15) is 9.77 Å². The van der Waals surface area contributed by atoms with Crippen molar-refractivity contribution in [2.75, 3.05) is 13.1 Å². The molecule has 0 bridgehead atoms. The number of nitrogens with zero attached hydrogens (tertiary/aromatic N) is 1. The van der Waals surface area contributed by atoms with E-state index in [1.54, 1.807) is 5.38 Å². The molecule has 2 aliphatic rings. The van der Waals surface area contributed by atoms with Gasteiger partial charge in [-0.1, -0.05) is 0 Å². The van der Waals surface area contributed by atoms with Crippen LogP contribution in [0.5, 0.6) is 0 Å². The van der Waals surface area contributed by atoms with Gasteiger partial charge in [-0.2, -0.15) is 0 Å². The molecule has 3 rings (SSSR count). The molecule has 1 saturated heterocycles. The van der Waals surface area contributed by atoms with Crippen molar-refractivity contribution in [2.24, 2.45) is 0 Å². The Hall–Kier alpha value is -0.920. The third-order valence-corrected chi connectivity index (χ3v) is 5.84. The van der Waals surface area contributed by atoms with Crippen LogP contribution in [0.2, 0.25) is 0 Å². The van der Waals surface area contributed by atoms with Crippen molar-refractivity contribution in [1.82, 2.24) is 9.62 Å². The van der Waals surface area contributed by atoms with Crippen LogP contribution in [0.3, 0.4) is 0 Å². The van der Waals surface area contributed by atoms with Crippen LogP contribution in [0.15, 0.2) is 16.3 Å². The van der Waals surface area contributed by atoms with Crippen LogP contribution in [0.4, 0.5) is 0 Å². The van der Waals surface area contributed by atoms with Gasteiger partial charge in [0.2, 0.25) is 0 Å². The first-order valence-corrected chi connectivity index (χ1v) is 7.31. The van der Waals surface area contributed by atoms with E-state index in [1.807, 2.05) is 0 Å². The molecule has 0 spiro atoms. The average Bonchev–Trinajstić information content (AvgIpc) is 2.89. The molecule has 0 saturated carbocycles. The normalized spacial score (nSPS) is 27.4. The van der Waals surface area contributed by atoms with E-state index in [-0.39, 0.29) is 16.8 Å². The van der Waals surface area contributed by atoms with Gasteiger partial charge < -0.3 is 5.32 Å². The van der Waals surface area contributed by atoms with Gasteiger partial charge in [0.05, 0.1) is 6.04 Å². The second-order valence-corrected chi connectivity index (χ2v) is 6.57. The van der Waals surface area contributed by atoms with Gasteiger partial charge in [0.25, 0.3) is 15.9 Å². The van der Waals surface area contributed by atoms with E-state index in [0.717, 1.165) is 10.8 Å². The molecule has 0 aliphatic carbocycles. The number of sulfonamides is 1. The molecule has 0 radical (unpaired) electrons. The maximum absolute atomic E-state index is 12.1. The Morgan fingerprint density at radius 1 is 1.50 bits per heavy atom. The number of rotatable bonds is 1. The number of carbonyl (C=O) groups excluding carboxylic acids is 1. The first kappa shape index (κ1) is 10.2. The second kappa shape index (κ2) is 3.28. The van der Waals surface area contributed by atoms with Crippen LogP contribution in [0.25, 0.3) is 0 Å². The summed E-state index contributed by atoms with van der Waals surface area (Å²) >= 11 is 1.19. The third kappa shape index (κ3) is 1.19. The van der Waals surface area contributed by atoms with Crippen LogP contribution in [-0.4, -0.2) is 37.8 Å². The predicted molar refractivity (Wildman–Crippen MR) is 58.9 cm³/mol. The number of carbonyl (C=O) groups is 1. The molecule has 1 fully saturated rings. The standard InChI is InChI=1S/C9H10N2O3S2/c12-9-8-7(2-4-15-8)16(13,14)11(9)6-1-3-10-5-6/h2,4,6,10H,1,3,5H2. The van der Waals surface area contributed by atoms with Crippen molar-refractivity contribution in [1.29, 1.82) is 0 Å². The highest BCUT2D eigenvalue weighted by Crippen LogP contribution is 2.36. The van der Waals surface area contributed by atoms with Crippen LogP contribution < -0.4 is 5.32 Å². The van der Waals surface area contributed by atoms with E-state index in [2.05, 4.69) is 5.32 Å². The van der Waals surface area contributed by atoms with Gasteiger partial charge in [0, 0.05) is 6.54 Å². The first-order valence-electron chi connectivity index (χ1n) is 4.99. The number of nitrogens with one attached hydrogen (secondary N) is 1. The van der Waals surface area contributed by atoms with Gasteiger partial charge in [0.15, 0.2) is 0 Å². The van der Waals surface area contributed by atoms with Gasteiger partial charge in [-0.25, -0.2) is 12.7 Å². The summed E-state index contributed by atoms with van der Waals surface area (Å²) in [6.45, 7) is 1.32. The van der Waals surface area contributed by atoms with Gasteiger partial charge >= 0.3 is 0 Å². The fourth-order valence-corrected chi connectivity index (χ4v) is 5.16. The van der Waals surface area contributed by atoms with E-state index >= 15 is 0 Å². The van der Waals surface area contributed by atoms with Crippen LogP contribution in [0, 0.1) is 0 Å². The maximum atomic E-state index is 12.1. The minimum atomic E-state index is -3.58. The lowest BCUT2D eigenvalue weighted by Gasteiger charge is -2.21. The minimum Gasteiger partial charge on any atom is -0.315 e. The fourth-order valence-electron chi connectivity index (χ4n) is 2.17. The van der Waals surface area contributed by atoms with E-state index in [0.29, 0.717) is 17.8 Å². The number of amides is 1. The fraction of sp³-hybridized carbons (Fsp3) is 0.444. The highest BCUT2D eigenvalue weighted by molar-refractivity contribution is 7.90. The van der Waals surface area contributed by atoms with E-state index in [9.17, 15) is 13.2 Å². The molecule has 0 aromatic carbocycles. The summed E-state index contributed by atoms with van der Waals surface area (Å²) in [4.78, 5) is 12.5. The lowest BCUT2D eigenvalue weighted by atomic mass is 10.2. The quantitative estimate of drug-likeness (QED) is 0.784. The highest BCUT2D eigenvalue weighted by Gasteiger charge is 2.46. The first-order chi connectivity index (χ1) is 7.62. The zero-order chi connectivity index (χ0) is 11.3. The molecule has 1 unspecified atom stereocenters. The molecular weight excluding hydrogens is 248 g/mol. The number of thiophene rings is 1. The molecule has 1 aromatic heterocycles. The maximum Gasteiger partial charge on any atom is 0.279 e.